The number of aromatic nitrogens is 1. The lowest BCUT2D eigenvalue weighted by atomic mass is 10.0. The molecule has 0 radical (unpaired) electrons. The van der Waals surface area contributed by atoms with Crippen LogP contribution < -0.4 is 16.2 Å². The number of hydrogen-bond acceptors (Lipinski definition) is 4. The van der Waals surface area contributed by atoms with Crippen molar-refractivity contribution in [2.75, 3.05) is 11.5 Å². The zero-order chi connectivity index (χ0) is 15.4. The first-order valence-corrected chi connectivity index (χ1v) is 7.04. The minimum atomic E-state index is 0.291. The van der Waals surface area contributed by atoms with Crippen molar-refractivity contribution < 1.29 is 4.74 Å². The fraction of sp³-hybridized carbons (Fsp3) is 0.0556. The van der Waals surface area contributed by atoms with Gasteiger partial charge in [-0.1, -0.05) is 48.5 Å². The predicted molar refractivity (Wildman–Crippen MR) is 88.8 cm³/mol. The first-order valence-electron chi connectivity index (χ1n) is 7.04. The first kappa shape index (κ1) is 13.9. The van der Waals surface area contributed by atoms with Gasteiger partial charge in [-0.2, -0.15) is 4.98 Å². The second-order valence-corrected chi connectivity index (χ2v) is 5.00. The Morgan fingerprint density at radius 2 is 1.50 bits per heavy atom. The Balaban J connectivity index is 1.90. The van der Waals surface area contributed by atoms with Crippen LogP contribution in [0.4, 0.5) is 11.5 Å². The molecule has 3 rings (SSSR count). The van der Waals surface area contributed by atoms with Crippen LogP contribution in [0.15, 0.2) is 66.7 Å². The molecular weight excluding hydrogens is 274 g/mol. The minimum Gasteiger partial charge on any atom is -0.439 e. The molecule has 4 N–H and O–H groups in total. The number of nitrogens with zero attached hydrogens (tertiary/aromatic N) is 1. The second kappa shape index (κ2) is 6.18. The number of nitrogens with two attached hydrogens (primary N) is 2. The summed E-state index contributed by atoms with van der Waals surface area (Å²) in [6, 6.07) is 21.4. The molecule has 1 aromatic heterocycles. The Bertz CT molecular complexity index is 758. The van der Waals surface area contributed by atoms with Gasteiger partial charge in [0.05, 0.1) is 5.69 Å². The summed E-state index contributed by atoms with van der Waals surface area (Å²) in [7, 11) is 0. The lowest BCUT2D eigenvalue weighted by Gasteiger charge is -2.11. The Kier molecular flexibility index (Phi) is 3.92. The SMILES string of the molecule is Nc1nc(Oc2ccccc2)cc(Cc2ccccc2)c1N. The molecule has 0 spiro atoms. The molecule has 0 unspecified atom stereocenters. The molecule has 22 heavy (non-hydrogen) atoms. The number of ether oxygens (including phenoxy) is 1. The maximum Gasteiger partial charge on any atom is 0.221 e. The van der Waals surface area contributed by atoms with Crippen molar-refractivity contribution in [3.8, 4) is 11.6 Å². The van der Waals surface area contributed by atoms with E-state index in [9.17, 15) is 0 Å². The van der Waals surface area contributed by atoms with Crippen molar-refractivity contribution in [1.29, 1.82) is 0 Å². The van der Waals surface area contributed by atoms with Crippen molar-refractivity contribution in [2.45, 2.75) is 6.42 Å². The molecular formula is C18H17N3O. The molecule has 0 atom stereocenters. The fourth-order valence-corrected chi connectivity index (χ4v) is 2.23. The molecule has 0 aliphatic rings. The molecule has 0 bridgehead atoms. The molecule has 3 aromatic rings. The second-order valence-electron chi connectivity index (χ2n) is 5.00. The summed E-state index contributed by atoms with van der Waals surface area (Å²) in [6.45, 7) is 0. The van der Waals surface area contributed by atoms with Crippen molar-refractivity contribution in [3.05, 3.63) is 77.9 Å². The van der Waals surface area contributed by atoms with Gasteiger partial charge in [-0.05, 0) is 29.7 Å². The molecule has 0 aliphatic heterocycles. The van der Waals surface area contributed by atoms with E-state index in [-0.39, 0.29) is 0 Å². The van der Waals surface area contributed by atoms with E-state index in [0.29, 0.717) is 29.6 Å². The summed E-state index contributed by atoms with van der Waals surface area (Å²) < 4.78 is 5.75. The van der Waals surface area contributed by atoms with Gasteiger partial charge in [0.2, 0.25) is 5.88 Å². The smallest absolute Gasteiger partial charge is 0.221 e. The van der Waals surface area contributed by atoms with Crippen molar-refractivity contribution in [3.63, 3.8) is 0 Å². The third-order valence-electron chi connectivity index (χ3n) is 3.35. The number of para-hydroxylation sites is 1. The number of anilines is 2. The highest BCUT2D eigenvalue weighted by molar-refractivity contribution is 5.65. The van der Waals surface area contributed by atoms with Gasteiger partial charge in [0, 0.05) is 6.07 Å². The summed E-state index contributed by atoms with van der Waals surface area (Å²) in [5.41, 5.74) is 14.5. The number of nitrogen functional groups attached to an aromatic ring is 2. The van der Waals surface area contributed by atoms with E-state index in [0.717, 1.165) is 11.1 Å². The van der Waals surface area contributed by atoms with Crippen LogP contribution in [0.3, 0.4) is 0 Å². The average Bonchev–Trinajstić information content (AvgIpc) is 2.54. The van der Waals surface area contributed by atoms with Crippen LogP contribution >= 0.6 is 0 Å². The van der Waals surface area contributed by atoms with E-state index in [4.69, 9.17) is 16.2 Å². The molecule has 4 heteroatoms. The highest BCUT2D eigenvalue weighted by Gasteiger charge is 2.10. The number of pyridine rings is 1. The van der Waals surface area contributed by atoms with Crippen LogP contribution in [-0.4, -0.2) is 4.98 Å². The maximum absolute atomic E-state index is 6.05. The highest BCUT2D eigenvalue weighted by atomic mass is 16.5. The van der Waals surface area contributed by atoms with Crippen LogP contribution in [0.1, 0.15) is 11.1 Å². The fourth-order valence-electron chi connectivity index (χ4n) is 2.23. The molecule has 0 aliphatic carbocycles. The summed E-state index contributed by atoms with van der Waals surface area (Å²) in [4.78, 5) is 4.20. The van der Waals surface area contributed by atoms with E-state index in [1.54, 1.807) is 0 Å². The largest absolute Gasteiger partial charge is 0.439 e. The Morgan fingerprint density at radius 3 is 2.18 bits per heavy atom. The van der Waals surface area contributed by atoms with E-state index < -0.39 is 0 Å². The number of hydrogen-bond donors (Lipinski definition) is 2. The van der Waals surface area contributed by atoms with Crippen molar-refractivity contribution in [1.82, 2.24) is 4.98 Å². The third-order valence-corrected chi connectivity index (χ3v) is 3.35. The lowest BCUT2D eigenvalue weighted by molar-refractivity contribution is 0.463. The molecule has 2 aromatic carbocycles. The summed E-state index contributed by atoms with van der Waals surface area (Å²) in [5, 5.41) is 0. The molecule has 110 valence electrons. The van der Waals surface area contributed by atoms with Gasteiger partial charge in [0.1, 0.15) is 5.75 Å². The standard InChI is InChI=1S/C18H17N3O/c19-17-14(11-13-7-3-1-4-8-13)12-16(21-18(17)20)22-15-9-5-2-6-10-15/h1-10,12H,11,19H2,(H2,20,21). The Morgan fingerprint density at radius 1 is 0.864 bits per heavy atom. The Hall–Kier alpha value is -3.01. The topological polar surface area (TPSA) is 74.2 Å². The third kappa shape index (κ3) is 3.17. The zero-order valence-electron chi connectivity index (χ0n) is 12.1. The zero-order valence-corrected chi connectivity index (χ0v) is 12.1. The molecule has 0 fully saturated rings. The average molecular weight is 291 g/mol. The molecule has 4 nitrogen and oxygen atoms in total. The number of benzene rings is 2. The van der Waals surface area contributed by atoms with E-state index in [2.05, 4.69) is 4.98 Å². The summed E-state index contributed by atoms with van der Waals surface area (Å²) in [6.07, 6.45) is 0.685. The van der Waals surface area contributed by atoms with Crippen LogP contribution in [0.25, 0.3) is 0 Å². The summed E-state index contributed by atoms with van der Waals surface area (Å²) >= 11 is 0. The van der Waals surface area contributed by atoms with Gasteiger partial charge < -0.3 is 16.2 Å². The molecule has 0 saturated heterocycles. The van der Waals surface area contributed by atoms with Gasteiger partial charge in [0.25, 0.3) is 0 Å². The van der Waals surface area contributed by atoms with Crippen LogP contribution in [0.2, 0.25) is 0 Å². The normalized spacial score (nSPS) is 10.4. The van der Waals surface area contributed by atoms with Gasteiger partial charge in [-0.25, -0.2) is 0 Å². The van der Waals surface area contributed by atoms with Gasteiger partial charge in [-0.15, -0.1) is 0 Å². The molecule has 1 heterocycles. The number of rotatable bonds is 4. The molecule has 0 amide bonds. The van der Waals surface area contributed by atoms with Crippen LogP contribution in [0.5, 0.6) is 11.6 Å². The highest BCUT2D eigenvalue weighted by Crippen LogP contribution is 2.28. The minimum absolute atomic E-state index is 0.291. The quantitative estimate of drug-likeness (QED) is 0.769. The predicted octanol–water partition coefficient (Wildman–Crippen LogP) is 3.63. The van der Waals surface area contributed by atoms with E-state index in [1.807, 2.05) is 66.7 Å². The molecule has 0 saturated carbocycles. The van der Waals surface area contributed by atoms with Crippen LogP contribution in [-0.2, 0) is 6.42 Å². The monoisotopic (exact) mass is 291 g/mol. The van der Waals surface area contributed by atoms with E-state index >= 15 is 0 Å². The van der Waals surface area contributed by atoms with Crippen LogP contribution in [0, 0.1) is 0 Å². The lowest BCUT2D eigenvalue weighted by Crippen LogP contribution is -2.04. The van der Waals surface area contributed by atoms with E-state index in [1.165, 1.54) is 0 Å². The maximum atomic E-state index is 6.05. The summed E-state index contributed by atoms with van der Waals surface area (Å²) in [5.74, 6) is 1.45. The van der Waals surface area contributed by atoms with Crippen molar-refractivity contribution >= 4 is 11.5 Å². The first-order chi connectivity index (χ1) is 10.7. The Labute approximate surface area is 129 Å². The van der Waals surface area contributed by atoms with Gasteiger partial charge in [0.15, 0.2) is 5.82 Å². The van der Waals surface area contributed by atoms with Gasteiger partial charge in [-0.3, -0.25) is 0 Å². The van der Waals surface area contributed by atoms with Crippen molar-refractivity contribution in [2.24, 2.45) is 0 Å². The van der Waals surface area contributed by atoms with Gasteiger partial charge >= 0.3 is 0 Å².